The molecule has 1 amide bonds. The van der Waals surface area contributed by atoms with Crippen LogP contribution in [0.25, 0.3) is 22.0 Å². The van der Waals surface area contributed by atoms with Gasteiger partial charge in [0.2, 0.25) is 5.95 Å². The van der Waals surface area contributed by atoms with Crippen LogP contribution in [-0.4, -0.2) is 54.2 Å². The van der Waals surface area contributed by atoms with Gasteiger partial charge in [0.05, 0.1) is 17.4 Å². The van der Waals surface area contributed by atoms with Crippen LogP contribution in [0.1, 0.15) is 36.6 Å². The van der Waals surface area contributed by atoms with Crippen LogP contribution in [-0.2, 0) is 16.9 Å². The average molecular weight is 488 g/mol. The van der Waals surface area contributed by atoms with Crippen LogP contribution in [0.2, 0.25) is 0 Å². The largest absolute Gasteiger partial charge is 0.375 e. The van der Waals surface area contributed by atoms with Crippen molar-refractivity contribution >= 4 is 23.2 Å². The number of aliphatic hydroxyl groups is 1. The molecule has 3 aromatic heterocycles. The lowest BCUT2D eigenvalue weighted by molar-refractivity contribution is -0.143. The van der Waals surface area contributed by atoms with E-state index in [1.165, 1.54) is 11.3 Å². The molecule has 2 aliphatic rings. The molecule has 1 saturated heterocycles. The number of aryl methyl sites for hydroxylation is 1. The van der Waals surface area contributed by atoms with E-state index >= 15 is 0 Å². The molecule has 2 aliphatic heterocycles. The normalized spacial score (nSPS) is 21.8. The number of benzene rings is 1. The SMILES string of the molecule is CN1CCC(O)(c2cccc(-c3nc(-c4ccnc(NC5CCCn6nccc65)n4)cs3)c2)C1=O. The third kappa shape index (κ3) is 3.88. The number of hydrogen-bond donors (Lipinski definition) is 2. The predicted octanol–water partition coefficient (Wildman–Crippen LogP) is 3.46. The lowest BCUT2D eigenvalue weighted by atomic mass is 9.91. The van der Waals surface area contributed by atoms with Gasteiger partial charge < -0.3 is 15.3 Å². The summed E-state index contributed by atoms with van der Waals surface area (Å²) in [7, 11) is 1.71. The van der Waals surface area contributed by atoms with Crippen LogP contribution in [0, 0.1) is 0 Å². The zero-order valence-corrected chi connectivity index (χ0v) is 20.1. The van der Waals surface area contributed by atoms with Crippen LogP contribution in [0.3, 0.4) is 0 Å². The Morgan fingerprint density at radius 2 is 2.06 bits per heavy atom. The van der Waals surface area contributed by atoms with Gasteiger partial charge in [0, 0.05) is 49.9 Å². The van der Waals surface area contributed by atoms with Crippen LogP contribution < -0.4 is 5.32 Å². The molecule has 0 aliphatic carbocycles. The van der Waals surface area contributed by atoms with Gasteiger partial charge in [0.15, 0.2) is 5.60 Å². The second kappa shape index (κ2) is 8.54. The highest BCUT2D eigenvalue weighted by atomic mass is 32.1. The molecule has 4 aromatic rings. The molecule has 35 heavy (non-hydrogen) atoms. The molecule has 0 spiro atoms. The van der Waals surface area contributed by atoms with Crippen molar-refractivity contribution in [2.24, 2.45) is 0 Å². The highest BCUT2D eigenvalue weighted by Crippen LogP contribution is 2.36. The first kappa shape index (κ1) is 21.9. The molecule has 2 unspecified atom stereocenters. The van der Waals surface area contributed by atoms with Crippen molar-refractivity contribution in [1.82, 2.24) is 29.6 Å². The Morgan fingerprint density at radius 3 is 2.91 bits per heavy atom. The smallest absolute Gasteiger partial charge is 0.258 e. The number of carbonyl (C=O) groups excluding carboxylic acids is 1. The van der Waals surface area contributed by atoms with Crippen LogP contribution >= 0.6 is 11.3 Å². The molecule has 10 heteroatoms. The Bertz CT molecular complexity index is 1400. The third-order valence-electron chi connectivity index (χ3n) is 6.79. The second-order valence-corrected chi connectivity index (χ2v) is 9.90. The molecule has 1 fully saturated rings. The molecule has 6 rings (SSSR count). The molecule has 2 atom stereocenters. The Morgan fingerprint density at radius 1 is 1.14 bits per heavy atom. The zero-order chi connectivity index (χ0) is 24.0. The summed E-state index contributed by atoms with van der Waals surface area (Å²) < 4.78 is 2.03. The zero-order valence-electron chi connectivity index (χ0n) is 19.3. The van der Waals surface area contributed by atoms with E-state index in [2.05, 4.69) is 15.4 Å². The minimum Gasteiger partial charge on any atom is -0.375 e. The number of likely N-dealkylation sites (tertiary alicyclic amines) is 1. The maximum absolute atomic E-state index is 12.5. The molecular weight excluding hydrogens is 462 g/mol. The van der Waals surface area contributed by atoms with Gasteiger partial charge in [-0.2, -0.15) is 5.10 Å². The summed E-state index contributed by atoms with van der Waals surface area (Å²) >= 11 is 1.50. The fourth-order valence-electron chi connectivity index (χ4n) is 4.85. The number of thiazole rings is 1. The van der Waals surface area contributed by atoms with Gasteiger partial charge >= 0.3 is 0 Å². The van der Waals surface area contributed by atoms with E-state index in [4.69, 9.17) is 9.97 Å². The van der Waals surface area contributed by atoms with Crippen molar-refractivity contribution in [2.75, 3.05) is 18.9 Å². The number of likely N-dealkylation sites (N-methyl/N-ethyl adjacent to an activating group) is 1. The fraction of sp³-hybridized carbons (Fsp3) is 0.320. The Kier molecular flexibility index (Phi) is 5.34. The van der Waals surface area contributed by atoms with E-state index < -0.39 is 5.60 Å². The van der Waals surface area contributed by atoms with Gasteiger partial charge in [0.1, 0.15) is 10.7 Å². The average Bonchev–Trinajstić information content (AvgIpc) is 3.62. The Balaban J connectivity index is 1.25. The van der Waals surface area contributed by atoms with Crippen LogP contribution in [0.15, 0.2) is 54.2 Å². The minimum absolute atomic E-state index is 0.123. The van der Waals surface area contributed by atoms with Gasteiger partial charge in [-0.15, -0.1) is 11.3 Å². The first-order valence-corrected chi connectivity index (χ1v) is 12.6. The lowest BCUT2D eigenvalue weighted by Crippen LogP contribution is -2.36. The summed E-state index contributed by atoms with van der Waals surface area (Å²) in [6.07, 6.45) is 6.01. The molecule has 0 bridgehead atoms. The maximum Gasteiger partial charge on any atom is 0.258 e. The molecule has 0 radical (unpaired) electrons. The van der Waals surface area contributed by atoms with Crippen LogP contribution in [0.5, 0.6) is 0 Å². The summed E-state index contributed by atoms with van der Waals surface area (Å²) in [6.45, 7) is 1.47. The second-order valence-electron chi connectivity index (χ2n) is 9.04. The first-order chi connectivity index (χ1) is 17.0. The number of nitrogens with zero attached hydrogens (tertiary/aromatic N) is 6. The van der Waals surface area contributed by atoms with Crippen molar-refractivity contribution in [3.8, 4) is 22.0 Å². The van der Waals surface area contributed by atoms with E-state index in [0.29, 0.717) is 24.5 Å². The summed E-state index contributed by atoms with van der Waals surface area (Å²) in [6, 6.07) is 11.5. The molecule has 178 valence electrons. The molecule has 0 saturated carbocycles. The van der Waals surface area contributed by atoms with Crippen molar-refractivity contribution < 1.29 is 9.90 Å². The van der Waals surface area contributed by atoms with Crippen molar-refractivity contribution in [1.29, 1.82) is 0 Å². The lowest BCUT2D eigenvalue weighted by Gasteiger charge is -2.24. The number of hydrogen-bond acceptors (Lipinski definition) is 8. The van der Waals surface area contributed by atoms with Gasteiger partial charge in [0.25, 0.3) is 5.91 Å². The molecule has 9 nitrogen and oxygen atoms in total. The topological polar surface area (TPSA) is 109 Å². The van der Waals surface area contributed by atoms with Crippen molar-refractivity contribution in [3.05, 3.63) is 65.4 Å². The molecule has 5 heterocycles. The molecular formula is C25H25N7O2S. The van der Waals surface area contributed by atoms with Gasteiger partial charge in [-0.05, 0) is 36.6 Å². The minimum atomic E-state index is -1.48. The van der Waals surface area contributed by atoms with E-state index in [0.717, 1.165) is 47.0 Å². The Labute approximate surface area is 206 Å². The number of fused-ring (bicyclic) bond motifs is 1. The predicted molar refractivity (Wildman–Crippen MR) is 133 cm³/mol. The quantitative estimate of drug-likeness (QED) is 0.444. The van der Waals surface area contributed by atoms with E-state index in [9.17, 15) is 9.90 Å². The van der Waals surface area contributed by atoms with Gasteiger partial charge in [-0.1, -0.05) is 18.2 Å². The number of amides is 1. The fourth-order valence-corrected chi connectivity index (χ4v) is 5.66. The summed E-state index contributed by atoms with van der Waals surface area (Å²) in [5.74, 6) is 0.293. The van der Waals surface area contributed by atoms with Gasteiger partial charge in [-0.3, -0.25) is 9.48 Å². The highest BCUT2D eigenvalue weighted by Gasteiger charge is 2.45. The highest BCUT2D eigenvalue weighted by molar-refractivity contribution is 7.13. The maximum atomic E-state index is 12.5. The summed E-state index contributed by atoms with van der Waals surface area (Å²) in [4.78, 5) is 28.0. The number of anilines is 1. The number of rotatable bonds is 5. The standard InChI is InChI=1S/C25H25N7O2S/c1-31-13-9-25(34,23(31)33)17-5-2-4-16(14-17)22-28-20(15-35-22)18-7-10-26-24(29-18)30-19-6-3-12-32-21(19)8-11-27-32/h2,4-5,7-8,10-11,14-15,19,34H,3,6,9,12-13H2,1H3,(H,26,29,30). The van der Waals surface area contributed by atoms with E-state index in [1.54, 1.807) is 24.2 Å². The van der Waals surface area contributed by atoms with E-state index in [1.807, 2.05) is 46.6 Å². The molecule has 1 aromatic carbocycles. The van der Waals surface area contributed by atoms with Crippen molar-refractivity contribution in [2.45, 2.75) is 37.5 Å². The third-order valence-corrected chi connectivity index (χ3v) is 7.68. The molecule has 2 N–H and O–H groups in total. The van der Waals surface area contributed by atoms with Crippen LogP contribution in [0.4, 0.5) is 5.95 Å². The monoisotopic (exact) mass is 487 g/mol. The summed E-state index contributed by atoms with van der Waals surface area (Å²) in [5, 5.41) is 21.6. The summed E-state index contributed by atoms with van der Waals surface area (Å²) in [5.41, 5.74) is 2.61. The first-order valence-electron chi connectivity index (χ1n) is 11.7. The van der Waals surface area contributed by atoms with Crippen molar-refractivity contribution in [3.63, 3.8) is 0 Å². The van der Waals surface area contributed by atoms with Gasteiger partial charge in [-0.25, -0.2) is 15.0 Å². The Hall–Kier alpha value is -3.63. The number of carbonyl (C=O) groups is 1. The number of aromatic nitrogens is 5. The van der Waals surface area contributed by atoms with E-state index in [-0.39, 0.29) is 11.9 Å². The number of nitrogens with one attached hydrogen (secondary N) is 1.